The summed E-state index contributed by atoms with van der Waals surface area (Å²) in [5, 5.41) is 0. The monoisotopic (exact) mass is 616 g/mol. The Labute approximate surface area is 245 Å². The van der Waals surface area contributed by atoms with Gasteiger partial charge in [-0.2, -0.15) is 0 Å². The number of ketones is 1. The van der Waals surface area contributed by atoms with Gasteiger partial charge in [0.1, 0.15) is 0 Å². The van der Waals surface area contributed by atoms with E-state index in [0.29, 0.717) is 16.9 Å². The third kappa shape index (κ3) is 7.69. The fourth-order valence-electron chi connectivity index (χ4n) is 4.74. The van der Waals surface area contributed by atoms with Gasteiger partial charge < -0.3 is 0 Å². The van der Waals surface area contributed by atoms with Crippen LogP contribution in [0.5, 0.6) is 0 Å². The van der Waals surface area contributed by atoms with E-state index in [9.17, 15) is 13.2 Å². The van der Waals surface area contributed by atoms with Crippen molar-refractivity contribution in [3.05, 3.63) is 141 Å². The first-order valence-electron chi connectivity index (χ1n) is 13.8. The normalized spacial score (nSPS) is 12.9. The maximum absolute atomic E-state index is 14.7. The summed E-state index contributed by atoms with van der Waals surface area (Å²) < 4.78 is 31.4. The molecule has 0 aromatic heterocycles. The Morgan fingerprint density at radius 2 is 1.32 bits per heavy atom. The zero-order chi connectivity index (χ0) is 28.4. The van der Waals surface area contributed by atoms with E-state index in [2.05, 4.69) is 19.1 Å². The average Bonchev–Trinajstić information content (AvgIpc) is 2.98. The van der Waals surface area contributed by atoms with Gasteiger partial charge >= 0.3 is 246 Å². The molecular formula is C35H36O3SSe. The van der Waals surface area contributed by atoms with Crippen molar-refractivity contribution in [1.29, 1.82) is 0 Å². The minimum absolute atomic E-state index is 0.0637. The number of hydrogen-bond donors (Lipinski definition) is 0. The zero-order valence-corrected chi connectivity index (χ0v) is 25.7. The Balaban J connectivity index is 1.96. The summed E-state index contributed by atoms with van der Waals surface area (Å²) in [7, 11) is -3.91. The first-order valence-corrected chi connectivity index (χ1v) is 17.0. The molecule has 0 aliphatic heterocycles. The molecule has 40 heavy (non-hydrogen) atoms. The standard InChI is InChI=1S/C35H36O3SSe/c1-3-4-8-21-34(40-31-19-13-7-14-20-31)35(39(37,38)30-24-22-27(2)23-25-30)32(28-15-9-5-10-16-28)26-33(36)29-17-11-6-12-18-29/h5-7,9-20,22-25,32H,3-4,8,21,26H2,1-2H3/b35-34-. The van der Waals surface area contributed by atoms with Crippen LogP contribution in [-0.4, -0.2) is 29.2 Å². The van der Waals surface area contributed by atoms with E-state index in [1.165, 1.54) is 0 Å². The van der Waals surface area contributed by atoms with Crippen LogP contribution >= 0.6 is 0 Å². The van der Waals surface area contributed by atoms with Crippen LogP contribution in [0.25, 0.3) is 0 Å². The van der Waals surface area contributed by atoms with Crippen molar-refractivity contribution in [2.24, 2.45) is 0 Å². The third-order valence-corrected chi connectivity index (χ3v) is 11.7. The molecule has 4 aromatic rings. The van der Waals surface area contributed by atoms with Crippen molar-refractivity contribution in [1.82, 2.24) is 0 Å². The van der Waals surface area contributed by atoms with E-state index in [0.717, 1.165) is 39.3 Å². The number of benzene rings is 4. The molecule has 0 fully saturated rings. The van der Waals surface area contributed by atoms with Gasteiger partial charge in [-0.1, -0.05) is 0 Å². The number of sulfone groups is 1. The van der Waals surface area contributed by atoms with Crippen molar-refractivity contribution in [3.63, 3.8) is 0 Å². The van der Waals surface area contributed by atoms with Crippen LogP contribution in [0.15, 0.2) is 130 Å². The molecule has 4 rings (SSSR count). The summed E-state index contributed by atoms with van der Waals surface area (Å²) in [5.74, 6) is -0.659. The number of carbonyl (C=O) groups excluding carboxylic acids is 1. The number of carbonyl (C=O) groups is 1. The molecule has 0 spiro atoms. The summed E-state index contributed by atoms with van der Waals surface area (Å²) in [6.07, 6.45) is 3.73. The molecule has 0 aliphatic rings. The fraction of sp³-hybridized carbons (Fsp3) is 0.229. The van der Waals surface area contributed by atoms with Gasteiger partial charge in [-0.05, 0) is 0 Å². The van der Waals surface area contributed by atoms with Gasteiger partial charge in [-0.25, -0.2) is 0 Å². The van der Waals surface area contributed by atoms with Crippen molar-refractivity contribution in [3.8, 4) is 0 Å². The molecular weight excluding hydrogens is 579 g/mol. The number of aryl methyl sites for hydroxylation is 1. The average molecular weight is 616 g/mol. The quantitative estimate of drug-likeness (QED) is 0.0882. The second kappa shape index (κ2) is 14.4. The molecule has 0 saturated carbocycles. The summed E-state index contributed by atoms with van der Waals surface area (Å²) in [5.41, 5.74) is 2.44. The van der Waals surface area contributed by atoms with Gasteiger partial charge in [0.15, 0.2) is 0 Å². The first kappa shape index (κ1) is 29.7. The summed E-state index contributed by atoms with van der Waals surface area (Å²) in [4.78, 5) is 14.3. The van der Waals surface area contributed by atoms with Gasteiger partial charge in [0.05, 0.1) is 0 Å². The predicted molar refractivity (Wildman–Crippen MR) is 166 cm³/mol. The SMILES string of the molecule is CCCCC/C([Se]c1ccccc1)=C(\C(CC(=O)c1ccccc1)c1ccccc1)S(=O)(=O)c1ccc(C)cc1. The van der Waals surface area contributed by atoms with Crippen LogP contribution in [0.4, 0.5) is 0 Å². The van der Waals surface area contributed by atoms with E-state index >= 15 is 0 Å². The molecule has 0 aliphatic carbocycles. The van der Waals surface area contributed by atoms with E-state index in [1.807, 2.05) is 85.8 Å². The first-order chi connectivity index (χ1) is 19.4. The van der Waals surface area contributed by atoms with Crippen LogP contribution in [0.1, 0.15) is 66.4 Å². The van der Waals surface area contributed by atoms with Gasteiger partial charge in [-0.3, -0.25) is 0 Å². The van der Waals surface area contributed by atoms with Crippen molar-refractivity contribution >= 4 is 35.0 Å². The molecule has 0 saturated heterocycles. The summed E-state index contributed by atoms with van der Waals surface area (Å²) >= 11 is -0.217. The number of Topliss-reactive ketones (excluding diaryl/α,β-unsaturated/α-hetero) is 1. The summed E-state index contributed by atoms with van der Waals surface area (Å²) in [6, 6.07) is 36.1. The van der Waals surface area contributed by atoms with Crippen LogP contribution in [-0.2, 0) is 9.84 Å². The Morgan fingerprint density at radius 3 is 1.93 bits per heavy atom. The molecule has 3 nitrogen and oxygen atoms in total. The van der Waals surface area contributed by atoms with Crippen molar-refractivity contribution in [2.45, 2.75) is 56.8 Å². The molecule has 0 amide bonds. The second-order valence-corrected chi connectivity index (χ2v) is 14.3. The molecule has 206 valence electrons. The molecule has 5 heteroatoms. The molecule has 0 bridgehead atoms. The number of rotatable bonds is 13. The Bertz CT molecular complexity index is 1510. The van der Waals surface area contributed by atoms with Gasteiger partial charge in [-0.15, -0.1) is 0 Å². The van der Waals surface area contributed by atoms with E-state index < -0.39 is 15.8 Å². The Morgan fingerprint density at radius 1 is 0.750 bits per heavy atom. The van der Waals surface area contributed by atoms with E-state index in [-0.39, 0.29) is 32.1 Å². The van der Waals surface area contributed by atoms with Gasteiger partial charge in [0.25, 0.3) is 0 Å². The van der Waals surface area contributed by atoms with Gasteiger partial charge in [0.2, 0.25) is 0 Å². The molecule has 0 N–H and O–H groups in total. The zero-order valence-electron chi connectivity index (χ0n) is 23.1. The molecule has 4 aromatic carbocycles. The topological polar surface area (TPSA) is 51.2 Å². The maximum atomic E-state index is 14.7. The van der Waals surface area contributed by atoms with Crippen LogP contribution in [0, 0.1) is 6.92 Å². The summed E-state index contributed by atoms with van der Waals surface area (Å²) in [6.45, 7) is 4.11. The number of hydrogen-bond acceptors (Lipinski definition) is 3. The van der Waals surface area contributed by atoms with E-state index in [4.69, 9.17) is 0 Å². The van der Waals surface area contributed by atoms with E-state index in [1.54, 1.807) is 24.3 Å². The predicted octanol–water partition coefficient (Wildman–Crippen LogP) is 7.65. The number of allylic oxidation sites excluding steroid dienone is 2. The molecule has 1 atom stereocenters. The second-order valence-electron chi connectivity index (χ2n) is 9.93. The van der Waals surface area contributed by atoms with Crippen molar-refractivity contribution < 1.29 is 13.2 Å². The Hall–Kier alpha value is -3.24. The molecule has 1 unspecified atom stereocenters. The third-order valence-electron chi connectivity index (χ3n) is 6.89. The molecule has 0 radical (unpaired) electrons. The minimum atomic E-state index is -3.91. The fourth-order valence-corrected chi connectivity index (χ4v) is 9.63. The van der Waals surface area contributed by atoms with Crippen LogP contribution < -0.4 is 4.46 Å². The van der Waals surface area contributed by atoms with Crippen LogP contribution in [0.3, 0.4) is 0 Å². The number of unbranched alkanes of at least 4 members (excludes halogenated alkanes) is 2. The molecule has 0 heterocycles. The van der Waals surface area contributed by atoms with Crippen molar-refractivity contribution in [2.75, 3.05) is 0 Å². The van der Waals surface area contributed by atoms with Gasteiger partial charge in [0, 0.05) is 0 Å². The van der Waals surface area contributed by atoms with Crippen LogP contribution in [0.2, 0.25) is 0 Å². The Kier molecular flexibility index (Phi) is 10.7.